The summed E-state index contributed by atoms with van der Waals surface area (Å²) in [6.45, 7) is 9.08. The van der Waals surface area contributed by atoms with Gasteiger partial charge in [-0.3, -0.25) is 4.90 Å². The molecule has 0 aliphatic carbocycles. The van der Waals surface area contributed by atoms with Gasteiger partial charge in [0, 0.05) is 38.8 Å². The Morgan fingerprint density at radius 3 is 2.82 bits per heavy atom. The van der Waals surface area contributed by atoms with Crippen LogP contribution in [0.3, 0.4) is 0 Å². The van der Waals surface area contributed by atoms with Crippen LogP contribution in [0.15, 0.2) is 0 Å². The van der Waals surface area contributed by atoms with Crippen LogP contribution in [-0.4, -0.2) is 67.7 Å². The zero-order chi connectivity index (χ0) is 12.4. The number of amides is 2. The summed E-state index contributed by atoms with van der Waals surface area (Å²) in [7, 11) is 2.14. The molecule has 2 aliphatic rings. The van der Waals surface area contributed by atoms with Crippen LogP contribution in [-0.2, 0) is 0 Å². The number of urea groups is 1. The largest absolute Gasteiger partial charge is 0.333 e. The number of nitrogens with zero attached hydrogens (tertiary/aromatic N) is 2. The molecule has 0 aromatic heterocycles. The van der Waals surface area contributed by atoms with Gasteiger partial charge in [-0.15, -0.1) is 0 Å². The molecule has 2 N–H and O–H groups in total. The number of rotatable bonds is 3. The Balaban J connectivity index is 1.88. The lowest BCUT2D eigenvalue weighted by molar-refractivity contribution is 0.153. The van der Waals surface area contributed by atoms with Gasteiger partial charge >= 0.3 is 6.03 Å². The van der Waals surface area contributed by atoms with Crippen molar-refractivity contribution in [3.8, 4) is 0 Å². The fourth-order valence-electron chi connectivity index (χ4n) is 2.47. The van der Waals surface area contributed by atoms with Crippen molar-refractivity contribution in [3.63, 3.8) is 0 Å². The Kier molecular flexibility index (Phi) is 3.89. The van der Waals surface area contributed by atoms with Crippen molar-refractivity contribution in [1.29, 1.82) is 0 Å². The molecule has 5 heteroatoms. The van der Waals surface area contributed by atoms with Crippen LogP contribution < -0.4 is 10.6 Å². The van der Waals surface area contributed by atoms with Crippen LogP contribution in [0.25, 0.3) is 0 Å². The Hall–Kier alpha value is -0.810. The smallest absolute Gasteiger partial charge is 0.317 e. The summed E-state index contributed by atoms with van der Waals surface area (Å²) in [4.78, 5) is 16.1. The first-order chi connectivity index (χ1) is 8.08. The minimum absolute atomic E-state index is 0.0997. The third kappa shape index (κ3) is 2.90. The third-order valence-electron chi connectivity index (χ3n) is 3.89. The van der Waals surface area contributed by atoms with E-state index in [1.807, 2.05) is 4.90 Å². The molecule has 0 aromatic carbocycles. The number of piperazine rings is 1. The van der Waals surface area contributed by atoms with E-state index in [9.17, 15) is 4.79 Å². The van der Waals surface area contributed by atoms with Gasteiger partial charge in [-0.25, -0.2) is 4.79 Å². The number of nitrogens with one attached hydrogen (secondary N) is 2. The van der Waals surface area contributed by atoms with Crippen molar-refractivity contribution in [2.45, 2.75) is 25.9 Å². The molecule has 5 nitrogen and oxygen atoms in total. The lowest BCUT2D eigenvalue weighted by Crippen LogP contribution is -2.54. The Bertz CT molecular complexity index is 282. The summed E-state index contributed by atoms with van der Waals surface area (Å²) >= 11 is 0. The highest BCUT2D eigenvalue weighted by molar-refractivity contribution is 5.77. The van der Waals surface area contributed by atoms with Crippen LogP contribution in [0.2, 0.25) is 0 Å². The Morgan fingerprint density at radius 2 is 2.24 bits per heavy atom. The first-order valence-corrected chi connectivity index (χ1v) is 6.54. The first kappa shape index (κ1) is 12.6. The van der Waals surface area contributed by atoms with Crippen LogP contribution in [0.4, 0.5) is 4.79 Å². The van der Waals surface area contributed by atoms with E-state index >= 15 is 0 Å². The monoisotopic (exact) mass is 240 g/mol. The van der Waals surface area contributed by atoms with Gasteiger partial charge in [0.2, 0.25) is 0 Å². The molecule has 17 heavy (non-hydrogen) atoms. The minimum Gasteiger partial charge on any atom is -0.333 e. The van der Waals surface area contributed by atoms with E-state index in [1.165, 1.54) is 0 Å². The van der Waals surface area contributed by atoms with Gasteiger partial charge < -0.3 is 15.5 Å². The van der Waals surface area contributed by atoms with Gasteiger partial charge in [0.1, 0.15) is 0 Å². The molecule has 2 heterocycles. The third-order valence-corrected chi connectivity index (χ3v) is 3.89. The molecule has 0 aromatic rings. The normalized spacial score (nSPS) is 31.1. The first-order valence-electron chi connectivity index (χ1n) is 6.54. The molecule has 0 radical (unpaired) electrons. The van der Waals surface area contributed by atoms with Gasteiger partial charge in [-0.1, -0.05) is 13.8 Å². The van der Waals surface area contributed by atoms with Crippen molar-refractivity contribution in [2.24, 2.45) is 5.92 Å². The molecular weight excluding hydrogens is 216 g/mol. The van der Waals surface area contributed by atoms with Crippen molar-refractivity contribution >= 4 is 6.03 Å². The van der Waals surface area contributed by atoms with Crippen LogP contribution in [0, 0.1) is 5.92 Å². The molecule has 0 spiro atoms. The summed E-state index contributed by atoms with van der Waals surface area (Å²) in [5, 5.41) is 6.44. The topological polar surface area (TPSA) is 47.6 Å². The van der Waals surface area contributed by atoms with E-state index < -0.39 is 0 Å². The van der Waals surface area contributed by atoms with Crippen molar-refractivity contribution in [2.75, 3.05) is 39.8 Å². The van der Waals surface area contributed by atoms with E-state index in [1.54, 1.807) is 0 Å². The molecule has 98 valence electrons. The highest BCUT2D eigenvalue weighted by Crippen LogP contribution is 2.13. The van der Waals surface area contributed by atoms with Crippen molar-refractivity contribution in [3.05, 3.63) is 0 Å². The predicted octanol–water partition coefficient (Wildman–Crippen LogP) is -0.0602. The average molecular weight is 240 g/mol. The van der Waals surface area contributed by atoms with Gasteiger partial charge in [0.05, 0.1) is 6.04 Å². The number of carbonyl (C=O) groups excluding carboxylic acids is 1. The summed E-state index contributed by atoms with van der Waals surface area (Å²) in [6, 6.07) is 0.854. The zero-order valence-electron chi connectivity index (χ0n) is 11.1. The molecule has 2 unspecified atom stereocenters. The van der Waals surface area contributed by atoms with Gasteiger partial charge in [-0.2, -0.15) is 0 Å². The van der Waals surface area contributed by atoms with Gasteiger partial charge in [0.15, 0.2) is 0 Å². The van der Waals surface area contributed by atoms with E-state index in [0.717, 1.165) is 32.7 Å². The summed E-state index contributed by atoms with van der Waals surface area (Å²) < 4.78 is 0. The maximum atomic E-state index is 11.8. The van der Waals surface area contributed by atoms with E-state index in [2.05, 4.69) is 36.4 Å². The van der Waals surface area contributed by atoms with E-state index in [-0.39, 0.29) is 6.03 Å². The zero-order valence-corrected chi connectivity index (χ0v) is 11.1. The second-order valence-electron chi connectivity index (χ2n) is 5.54. The molecular formula is C12H24N4O. The number of hydrogen-bond donors (Lipinski definition) is 2. The molecule has 0 bridgehead atoms. The quantitative estimate of drug-likeness (QED) is 0.726. The lowest BCUT2D eigenvalue weighted by atomic mass is 10.1. The molecule has 2 atom stereocenters. The summed E-state index contributed by atoms with van der Waals surface area (Å²) in [5.41, 5.74) is 0. The number of hydrogen-bond acceptors (Lipinski definition) is 3. The van der Waals surface area contributed by atoms with Gasteiger partial charge in [0.25, 0.3) is 0 Å². The predicted molar refractivity (Wildman–Crippen MR) is 68.0 cm³/mol. The number of likely N-dealkylation sites (N-methyl/N-ethyl adjacent to an activating group) is 1. The SMILES string of the molecule is CC(C)C1CN(CC2CNCCN2C)C(=O)N1. The minimum atomic E-state index is 0.0997. The average Bonchev–Trinajstić information content (AvgIpc) is 2.64. The highest BCUT2D eigenvalue weighted by Gasteiger charge is 2.33. The standard InChI is InChI=1S/C12H24N4O/c1-9(2)11-8-16(12(17)14-11)7-10-6-13-4-5-15(10)3/h9-11,13H,4-8H2,1-3H3,(H,14,17). The fourth-order valence-corrected chi connectivity index (χ4v) is 2.47. The van der Waals surface area contributed by atoms with Crippen LogP contribution in [0.5, 0.6) is 0 Å². The van der Waals surface area contributed by atoms with Crippen molar-refractivity contribution in [1.82, 2.24) is 20.4 Å². The maximum absolute atomic E-state index is 11.8. The molecule has 0 saturated carbocycles. The Morgan fingerprint density at radius 1 is 1.47 bits per heavy atom. The second kappa shape index (κ2) is 5.23. The fraction of sp³-hybridized carbons (Fsp3) is 0.917. The molecule has 2 rings (SSSR count). The molecule has 2 aliphatic heterocycles. The molecule has 2 saturated heterocycles. The van der Waals surface area contributed by atoms with E-state index in [0.29, 0.717) is 18.0 Å². The maximum Gasteiger partial charge on any atom is 0.317 e. The lowest BCUT2D eigenvalue weighted by Gasteiger charge is -2.35. The van der Waals surface area contributed by atoms with E-state index in [4.69, 9.17) is 0 Å². The number of carbonyl (C=O) groups is 1. The second-order valence-corrected chi connectivity index (χ2v) is 5.54. The Labute approximate surface area is 104 Å². The van der Waals surface area contributed by atoms with Gasteiger partial charge in [-0.05, 0) is 13.0 Å². The van der Waals surface area contributed by atoms with Crippen LogP contribution >= 0.6 is 0 Å². The highest BCUT2D eigenvalue weighted by atomic mass is 16.2. The molecule has 2 amide bonds. The van der Waals surface area contributed by atoms with Crippen LogP contribution in [0.1, 0.15) is 13.8 Å². The summed E-state index contributed by atoms with van der Waals surface area (Å²) in [5.74, 6) is 0.506. The molecule has 2 fully saturated rings. The van der Waals surface area contributed by atoms with Crippen molar-refractivity contribution < 1.29 is 4.79 Å². The summed E-state index contributed by atoms with van der Waals surface area (Å²) in [6.07, 6.45) is 0.